The van der Waals surface area contributed by atoms with Crippen LogP contribution in [0.15, 0.2) is 49.1 Å². The third-order valence-electron chi connectivity index (χ3n) is 5.91. The number of fused-ring (bicyclic) bond motifs is 2. The summed E-state index contributed by atoms with van der Waals surface area (Å²) in [6.45, 7) is 1.60. The second kappa shape index (κ2) is 6.76. The minimum atomic E-state index is -1.35. The predicted molar refractivity (Wildman–Crippen MR) is 113 cm³/mol. The van der Waals surface area contributed by atoms with Crippen molar-refractivity contribution in [1.29, 1.82) is 0 Å². The van der Waals surface area contributed by atoms with Gasteiger partial charge in [0.05, 0.1) is 40.0 Å². The lowest BCUT2D eigenvalue weighted by Gasteiger charge is -2.26. The van der Waals surface area contributed by atoms with Gasteiger partial charge in [0.1, 0.15) is 5.67 Å². The lowest BCUT2D eigenvalue weighted by Crippen LogP contribution is -2.36. The van der Waals surface area contributed by atoms with Gasteiger partial charge in [-0.15, -0.1) is 0 Å². The number of benzene rings is 1. The Morgan fingerprint density at radius 2 is 2.03 bits per heavy atom. The third kappa shape index (κ3) is 3.04. The quantitative estimate of drug-likeness (QED) is 0.540. The number of rotatable bonds is 4. The van der Waals surface area contributed by atoms with Crippen LogP contribution in [0.1, 0.15) is 36.5 Å². The molecule has 152 valence electrons. The van der Waals surface area contributed by atoms with E-state index >= 15 is 0 Å². The van der Waals surface area contributed by atoms with Gasteiger partial charge in [0, 0.05) is 24.2 Å². The average Bonchev–Trinajstić information content (AvgIpc) is 3.31. The second-order valence-electron chi connectivity index (χ2n) is 7.98. The minimum absolute atomic E-state index is 0.249. The number of hydrogen-bond acceptors (Lipinski definition) is 5. The number of halogens is 1. The summed E-state index contributed by atoms with van der Waals surface area (Å²) < 4.78 is 16.6. The van der Waals surface area contributed by atoms with Gasteiger partial charge in [0.15, 0.2) is 0 Å². The Bertz CT molecular complexity index is 1280. The maximum Gasteiger partial charge on any atom is 0.252 e. The van der Waals surface area contributed by atoms with Crippen molar-refractivity contribution in [2.24, 2.45) is 5.73 Å². The number of alkyl halides is 1. The van der Waals surface area contributed by atoms with E-state index in [0.717, 1.165) is 28.6 Å². The number of carbonyl (C=O) groups is 1. The van der Waals surface area contributed by atoms with E-state index in [1.165, 1.54) is 6.20 Å². The average molecular weight is 404 g/mol. The molecule has 0 aliphatic heterocycles. The molecular weight excluding hydrogens is 383 g/mol. The molecule has 1 aromatic carbocycles. The Labute approximate surface area is 172 Å². The van der Waals surface area contributed by atoms with Crippen LogP contribution < -0.4 is 11.1 Å². The van der Waals surface area contributed by atoms with Gasteiger partial charge in [-0.3, -0.25) is 14.8 Å². The van der Waals surface area contributed by atoms with Crippen LogP contribution in [0.4, 0.5) is 10.1 Å². The molecule has 30 heavy (non-hydrogen) atoms. The molecule has 1 saturated carbocycles. The van der Waals surface area contributed by atoms with Crippen molar-refractivity contribution >= 4 is 28.1 Å². The molecule has 1 aliphatic rings. The van der Waals surface area contributed by atoms with Crippen LogP contribution in [0.3, 0.4) is 0 Å². The van der Waals surface area contributed by atoms with Gasteiger partial charge in [-0.1, -0.05) is 6.07 Å². The molecule has 0 bridgehead atoms. The molecule has 0 unspecified atom stereocenters. The van der Waals surface area contributed by atoms with Crippen molar-refractivity contribution in [1.82, 2.24) is 19.6 Å². The van der Waals surface area contributed by atoms with Crippen molar-refractivity contribution < 1.29 is 9.18 Å². The number of nitrogens with one attached hydrogen (secondary N) is 1. The van der Waals surface area contributed by atoms with Gasteiger partial charge >= 0.3 is 0 Å². The van der Waals surface area contributed by atoms with Crippen LogP contribution >= 0.6 is 0 Å². The number of primary amides is 1. The van der Waals surface area contributed by atoms with Gasteiger partial charge in [-0.05, 0) is 49.9 Å². The normalized spacial score (nSPS) is 21.3. The Morgan fingerprint density at radius 1 is 1.23 bits per heavy atom. The molecule has 4 aromatic rings. The van der Waals surface area contributed by atoms with E-state index in [2.05, 4.69) is 20.4 Å². The topological polar surface area (TPSA) is 98.2 Å². The van der Waals surface area contributed by atoms with Gasteiger partial charge in [-0.2, -0.15) is 5.10 Å². The van der Waals surface area contributed by atoms with Crippen molar-refractivity contribution in [3.8, 4) is 11.1 Å². The molecule has 3 aromatic heterocycles. The molecule has 1 amide bonds. The largest absolute Gasteiger partial charge is 0.377 e. The molecule has 2 atom stereocenters. The summed E-state index contributed by atoms with van der Waals surface area (Å²) in [6, 6.07) is 7.35. The highest BCUT2D eigenvalue weighted by Crippen LogP contribution is 2.37. The fourth-order valence-corrected chi connectivity index (χ4v) is 4.22. The van der Waals surface area contributed by atoms with Gasteiger partial charge < -0.3 is 11.1 Å². The standard InChI is InChI=1S/C22H21FN6O/c1-22(23)6-2-3-19(22)28-20-15(21(24)30)11-27-29-12-14(10-18(20)29)13-4-5-16-17(9-13)26-8-7-25-16/h4-5,7-12,19,28H,2-3,6H2,1H3,(H2,24,30)/t19-,22+/m1/s1. The summed E-state index contributed by atoms with van der Waals surface area (Å²) in [5, 5.41) is 7.60. The first-order chi connectivity index (χ1) is 14.4. The molecular formula is C22H21FN6O. The molecule has 0 spiro atoms. The Kier molecular flexibility index (Phi) is 4.16. The SMILES string of the molecule is C[C@]1(F)CCC[C@H]1Nc1c(C(N)=O)cnn2cc(-c3ccc4nccnc4c3)cc12. The van der Waals surface area contributed by atoms with E-state index in [4.69, 9.17) is 5.73 Å². The number of carbonyl (C=O) groups excluding carboxylic acids is 1. The van der Waals surface area contributed by atoms with Gasteiger partial charge in [0.2, 0.25) is 0 Å². The summed E-state index contributed by atoms with van der Waals surface area (Å²) in [6.07, 6.45) is 8.58. The summed E-state index contributed by atoms with van der Waals surface area (Å²) in [5.41, 5.74) is 9.11. The van der Waals surface area contributed by atoms with Crippen LogP contribution in [0.2, 0.25) is 0 Å². The van der Waals surface area contributed by atoms with Gasteiger partial charge in [-0.25, -0.2) is 8.91 Å². The fraction of sp³-hybridized carbons (Fsp3) is 0.273. The molecule has 1 fully saturated rings. The maximum atomic E-state index is 14.9. The third-order valence-corrected chi connectivity index (χ3v) is 5.91. The number of nitrogens with zero attached hydrogens (tertiary/aromatic N) is 4. The number of aromatic nitrogens is 4. The highest BCUT2D eigenvalue weighted by molar-refractivity contribution is 6.02. The lowest BCUT2D eigenvalue weighted by atomic mass is 10.0. The number of anilines is 1. The van der Waals surface area contributed by atoms with E-state index in [9.17, 15) is 9.18 Å². The van der Waals surface area contributed by atoms with Crippen molar-refractivity contribution in [2.45, 2.75) is 37.9 Å². The summed E-state index contributed by atoms with van der Waals surface area (Å²) in [4.78, 5) is 20.7. The summed E-state index contributed by atoms with van der Waals surface area (Å²) in [7, 11) is 0. The first-order valence-electron chi connectivity index (χ1n) is 9.90. The zero-order valence-electron chi connectivity index (χ0n) is 16.5. The number of amides is 1. The smallest absolute Gasteiger partial charge is 0.252 e. The van der Waals surface area contributed by atoms with E-state index in [-0.39, 0.29) is 5.56 Å². The van der Waals surface area contributed by atoms with Crippen LogP contribution in [-0.4, -0.2) is 37.2 Å². The van der Waals surface area contributed by atoms with Crippen LogP contribution in [-0.2, 0) is 0 Å². The summed E-state index contributed by atoms with van der Waals surface area (Å²) >= 11 is 0. The molecule has 7 nitrogen and oxygen atoms in total. The fourth-order valence-electron chi connectivity index (χ4n) is 4.22. The number of nitrogens with two attached hydrogens (primary N) is 1. The number of hydrogen-bond donors (Lipinski definition) is 2. The molecule has 0 saturated heterocycles. The van der Waals surface area contributed by atoms with Crippen LogP contribution in [0.25, 0.3) is 27.7 Å². The highest BCUT2D eigenvalue weighted by atomic mass is 19.1. The van der Waals surface area contributed by atoms with Crippen molar-refractivity contribution in [2.75, 3.05) is 5.32 Å². The van der Waals surface area contributed by atoms with E-state index in [1.807, 2.05) is 30.5 Å². The predicted octanol–water partition coefficient (Wildman–Crippen LogP) is 3.74. The van der Waals surface area contributed by atoms with E-state index in [0.29, 0.717) is 24.0 Å². The van der Waals surface area contributed by atoms with Crippen LogP contribution in [0, 0.1) is 0 Å². The Morgan fingerprint density at radius 3 is 2.77 bits per heavy atom. The highest BCUT2D eigenvalue weighted by Gasteiger charge is 2.39. The van der Waals surface area contributed by atoms with E-state index in [1.54, 1.807) is 23.8 Å². The lowest BCUT2D eigenvalue weighted by molar-refractivity contribution is 0.1000. The first kappa shape index (κ1) is 18.5. The van der Waals surface area contributed by atoms with Crippen LogP contribution in [0.5, 0.6) is 0 Å². The first-order valence-corrected chi connectivity index (χ1v) is 9.90. The summed E-state index contributed by atoms with van der Waals surface area (Å²) in [5.74, 6) is -0.602. The molecule has 8 heteroatoms. The minimum Gasteiger partial charge on any atom is -0.377 e. The Hall–Kier alpha value is -3.55. The van der Waals surface area contributed by atoms with Crippen molar-refractivity contribution in [3.05, 3.63) is 54.6 Å². The molecule has 3 heterocycles. The van der Waals surface area contributed by atoms with Gasteiger partial charge in [0.25, 0.3) is 5.91 Å². The zero-order chi connectivity index (χ0) is 20.9. The molecule has 0 radical (unpaired) electrons. The molecule has 1 aliphatic carbocycles. The maximum absolute atomic E-state index is 14.9. The van der Waals surface area contributed by atoms with E-state index < -0.39 is 17.6 Å². The molecule has 3 N–H and O–H groups in total. The monoisotopic (exact) mass is 404 g/mol. The molecule has 5 rings (SSSR count). The second-order valence-corrected chi connectivity index (χ2v) is 7.98. The Balaban J connectivity index is 1.63. The van der Waals surface area contributed by atoms with Crippen molar-refractivity contribution in [3.63, 3.8) is 0 Å². The zero-order valence-corrected chi connectivity index (χ0v) is 16.5.